The smallest absolute Gasteiger partial charge is 0.100 e. The van der Waals surface area contributed by atoms with Crippen LogP contribution in [0.4, 0.5) is 0 Å². The van der Waals surface area contributed by atoms with Crippen molar-refractivity contribution in [3.05, 3.63) is 156 Å². The first kappa shape index (κ1) is 29.6. The van der Waals surface area contributed by atoms with E-state index in [2.05, 4.69) is 72.8 Å². The Morgan fingerprint density at radius 1 is 0.340 bits per heavy atom. The molecule has 0 bridgehead atoms. The van der Waals surface area contributed by atoms with Crippen LogP contribution in [-0.4, -0.2) is 0 Å². The first-order valence-electron chi connectivity index (χ1n) is 16.1. The highest BCUT2D eigenvalue weighted by molar-refractivity contribution is 7.26. The Bertz CT molecular complexity index is 2810. The minimum absolute atomic E-state index is 0.633. The average Bonchev–Trinajstić information content (AvgIpc) is 3.74. The number of nitrogens with zero attached hydrogens (tertiary/aromatic N) is 3. The van der Waals surface area contributed by atoms with Gasteiger partial charge in [-0.1, -0.05) is 60.7 Å². The molecular formula is C45H23N3S2. The van der Waals surface area contributed by atoms with Gasteiger partial charge in [0.05, 0.1) is 28.8 Å². The van der Waals surface area contributed by atoms with Gasteiger partial charge in [0, 0.05) is 51.5 Å². The molecule has 3 nitrogen and oxygen atoms in total. The van der Waals surface area contributed by atoms with E-state index in [1.54, 1.807) is 22.7 Å². The van der Waals surface area contributed by atoms with Crippen LogP contribution in [0.15, 0.2) is 140 Å². The normalized spacial score (nSPS) is 11.1. The van der Waals surface area contributed by atoms with Crippen molar-refractivity contribution in [1.82, 2.24) is 0 Å². The molecule has 50 heavy (non-hydrogen) atoms. The molecule has 0 amide bonds. The summed E-state index contributed by atoms with van der Waals surface area (Å²) >= 11 is 3.46. The summed E-state index contributed by atoms with van der Waals surface area (Å²) in [6.45, 7) is 0. The van der Waals surface area contributed by atoms with Crippen molar-refractivity contribution in [2.24, 2.45) is 0 Å². The maximum absolute atomic E-state index is 10.6. The maximum Gasteiger partial charge on any atom is 0.100 e. The summed E-state index contributed by atoms with van der Waals surface area (Å²) in [5.41, 5.74) is 9.83. The van der Waals surface area contributed by atoms with Crippen molar-refractivity contribution < 1.29 is 0 Å². The molecule has 0 fully saturated rings. The molecule has 2 aromatic heterocycles. The van der Waals surface area contributed by atoms with E-state index in [1.165, 1.54) is 9.40 Å². The molecule has 2 heterocycles. The van der Waals surface area contributed by atoms with Crippen LogP contribution in [0.25, 0.3) is 84.9 Å². The lowest BCUT2D eigenvalue weighted by Crippen LogP contribution is -1.92. The van der Waals surface area contributed by atoms with Gasteiger partial charge >= 0.3 is 0 Å². The van der Waals surface area contributed by atoms with Crippen LogP contribution in [-0.2, 0) is 0 Å². The number of nitriles is 3. The van der Waals surface area contributed by atoms with Gasteiger partial charge in [-0.15, -0.1) is 22.7 Å². The lowest BCUT2D eigenvalue weighted by molar-refractivity contribution is 1.47. The molecule has 9 rings (SSSR count). The second-order valence-electron chi connectivity index (χ2n) is 12.3. The first-order chi connectivity index (χ1) is 24.6. The molecule has 0 atom stereocenters. The van der Waals surface area contributed by atoms with Gasteiger partial charge in [0.15, 0.2) is 0 Å². The zero-order chi connectivity index (χ0) is 33.8. The Kier molecular flexibility index (Phi) is 7.01. The van der Waals surface area contributed by atoms with Crippen LogP contribution < -0.4 is 0 Å². The molecule has 0 saturated carbocycles. The summed E-state index contributed by atoms with van der Waals surface area (Å²) in [7, 11) is 0. The average molecular weight is 670 g/mol. The van der Waals surface area contributed by atoms with Crippen molar-refractivity contribution in [1.29, 1.82) is 15.8 Å². The van der Waals surface area contributed by atoms with Gasteiger partial charge in [0.25, 0.3) is 0 Å². The monoisotopic (exact) mass is 669 g/mol. The van der Waals surface area contributed by atoms with Gasteiger partial charge in [0.1, 0.15) is 6.07 Å². The maximum atomic E-state index is 10.6. The van der Waals surface area contributed by atoms with E-state index in [0.29, 0.717) is 16.7 Å². The zero-order valence-electron chi connectivity index (χ0n) is 26.4. The van der Waals surface area contributed by atoms with Gasteiger partial charge < -0.3 is 0 Å². The summed E-state index contributed by atoms with van der Waals surface area (Å²) in [4.78, 5) is 0. The minimum atomic E-state index is 0.633. The molecule has 0 N–H and O–H groups in total. The molecule has 7 aromatic carbocycles. The van der Waals surface area contributed by atoms with Gasteiger partial charge in [0.2, 0.25) is 0 Å². The number of fused-ring (bicyclic) bond motifs is 6. The number of thiophene rings is 2. The zero-order valence-corrected chi connectivity index (χ0v) is 28.1. The third-order valence-corrected chi connectivity index (χ3v) is 11.7. The second-order valence-corrected chi connectivity index (χ2v) is 14.4. The van der Waals surface area contributed by atoms with Gasteiger partial charge in [-0.25, -0.2) is 0 Å². The number of hydrogen-bond acceptors (Lipinski definition) is 5. The predicted octanol–water partition coefficient (Wildman–Crippen LogP) is 12.7. The van der Waals surface area contributed by atoms with E-state index in [4.69, 9.17) is 0 Å². The first-order valence-corrected chi connectivity index (χ1v) is 17.7. The van der Waals surface area contributed by atoms with Gasteiger partial charge in [-0.3, -0.25) is 0 Å². The van der Waals surface area contributed by atoms with Crippen LogP contribution in [0, 0.1) is 34.0 Å². The van der Waals surface area contributed by atoms with E-state index in [0.717, 1.165) is 75.5 Å². The van der Waals surface area contributed by atoms with E-state index >= 15 is 0 Å². The summed E-state index contributed by atoms with van der Waals surface area (Å²) in [6.07, 6.45) is 0. The Morgan fingerprint density at radius 3 is 1.30 bits per heavy atom. The summed E-state index contributed by atoms with van der Waals surface area (Å²) in [5, 5.41) is 34.2. The summed E-state index contributed by atoms with van der Waals surface area (Å²) in [6, 6.07) is 54.7. The molecular weight excluding hydrogens is 647 g/mol. The molecule has 0 spiro atoms. The molecule has 0 aliphatic rings. The van der Waals surface area contributed by atoms with Crippen molar-refractivity contribution in [2.75, 3.05) is 0 Å². The summed E-state index contributed by atoms with van der Waals surface area (Å²) < 4.78 is 4.64. The molecule has 0 aliphatic heterocycles. The molecule has 0 radical (unpaired) electrons. The number of hydrogen-bond donors (Lipinski definition) is 0. The number of benzene rings is 7. The van der Waals surface area contributed by atoms with Gasteiger partial charge in [-0.2, -0.15) is 15.8 Å². The Balaban J connectivity index is 1.29. The highest BCUT2D eigenvalue weighted by Crippen LogP contribution is 2.42. The highest BCUT2D eigenvalue weighted by Gasteiger charge is 2.16. The minimum Gasteiger partial charge on any atom is -0.192 e. The Morgan fingerprint density at radius 2 is 0.800 bits per heavy atom. The SMILES string of the molecule is N#Cc1ccc2sc3ccc(-c4cc(-c5ccc6sc7ccc(C#N)cc7c6c5)cc(-c5cccc(-c6ccccc6)c5C#N)c4)cc3c2c1. The van der Waals surface area contributed by atoms with Crippen LogP contribution in [0.5, 0.6) is 0 Å². The molecule has 0 aliphatic carbocycles. The molecule has 230 valence electrons. The fraction of sp³-hybridized carbons (Fsp3) is 0. The second kappa shape index (κ2) is 11.9. The van der Waals surface area contributed by atoms with Crippen LogP contribution in [0.2, 0.25) is 0 Å². The summed E-state index contributed by atoms with van der Waals surface area (Å²) in [5.74, 6) is 0. The standard InChI is InChI=1S/C45H23N3S2/c46-24-27-9-13-42-37(17-27)39-22-30(11-15-44(39)49-42)32-19-33(31-12-16-45-40(23-31)38-18-28(25-47)10-14-43(38)50-45)21-34(20-32)36-8-4-7-35(41(36)26-48)29-5-2-1-3-6-29/h1-23H. The van der Waals surface area contributed by atoms with Gasteiger partial charge in [-0.05, 0) is 112 Å². The van der Waals surface area contributed by atoms with E-state index in [-0.39, 0.29) is 0 Å². The highest BCUT2D eigenvalue weighted by atomic mass is 32.1. The molecule has 0 unspecified atom stereocenters. The lowest BCUT2D eigenvalue weighted by Gasteiger charge is -2.14. The molecule has 5 heteroatoms. The van der Waals surface area contributed by atoms with Crippen LogP contribution in [0.1, 0.15) is 16.7 Å². The van der Waals surface area contributed by atoms with Crippen molar-refractivity contribution in [3.8, 4) is 62.7 Å². The van der Waals surface area contributed by atoms with E-state index in [9.17, 15) is 15.8 Å². The van der Waals surface area contributed by atoms with Crippen LogP contribution in [0.3, 0.4) is 0 Å². The number of rotatable bonds is 4. The molecule has 0 saturated heterocycles. The fourth-order valence-electron chi connectivity index (χ4n) is 6.94. The Labute approximate surface area is 296 Å². The lowest BCUT2D eigenvalue weighted by atomic mass is 9.88. The fourth-order valence-corrected chi connectivity index (χ4v) is 9.07. The third-order valence-electron chi connectivity index (χ3n) is 9.37. The third kappa shape index (κ3) is 4.92. The van der Waals surface area contributed by atoms with E-state index < -0.39 is 0 Å². The van der Waals surface area contributed by atoms with Crippen LogP contribution >= 0.6 is 22.7 Å². The predicted molar refractivity (Wildman–Crippen MR) is 208 cm³/mol. The molecule has 9 aromatic rings. The largest absolute Gasteiger partial charge is 0.192 e. The van der Waals surface area contributed by atoms with E-state index in [1.807, 2.05) is 84.9 Å². The Hall–Kier alpha value is -6.55. The topological polar surface area (TPSA) is 71.4 Å². The van der Waals surface area contributed by atoms with Crippen molar-refractivity contribution in [3.63, 3.8) is 0 Å². The van der Waals surface area contributed by atoms with Crippen molar-refractivity contribution >= 4 is 63.0 Å². The quantitative estimate of drug-likeness (QED) is 0.187. The van der Waals surface area contributed by atoms with Crippen molar-refractivity contribution in [2.45, 2.75) is 0 Å².